The zero-order chi connectivity index (χ0) is 46.8. The maximum absolute atomic E-state index is 13.8. The first kappa shape index (κ1) is 43.9. The number of nitrogen functional groups attached to an aromatic ring is 1. The molecule has 3 aliphatic carbocycles. The van der Waals surface area contributed by atoms with Crippen LogP contribution in [0.25, 0.3) is 39.0 Å². The summed E-state index contributed by atoms with van der Waals surface area (Å²) in [7, 11) is 5.67. The molecule has 334 valence electrons. The molecule has 2 aliphatic heterocycles. The second-order valence-corrected chi connectivity index (χ2v) is 23.1. The molecule has 4 aromatic carbocycles. The van der Waals surface area contributed by atoms with Crippen molar-refractivity contribution in [3.05, 3.63) is 159 Å². The van der Waals surface area contributed by atoms with Gasteiger partial charge in [0.05, 0.1) is 17.3 Å². The molecule has 0 unspecified atom stereocenters. The van der Waals surface area contributed by atoms with Gasteiger partial charge in [0.15, 0.2) is 0 Å². The van der Waals surface area contributed by atoms with Crippen molar-refractivity contribution in [2.24, 2.45) is 0 Å². The number of carbonyl (C=O) groups is 3. The summed E-state index contributed by atoms with van der Waals surface area (Å²) >= 11 is 0. The standard InChI is InChI=1S/C54H54N6O5Si/c1-30-24-31(8-18-39(30)50-43-20-10-33(55)26-48(43)66(6,7)49-27-34(56)11-21-44(49)50)52(61)57-35-12-14-36(15-13-35)58-53(62)32-9-19-40(45(25-32)54(63)64)51-41-22-16-37(59(2)3)28-46(41)65-47-29-38(60(4)5)17-23-42(47)51/h8-11,16-29,35-36H,12-15H2,1-7H3,(H5-,55,56,57,58,61,62,63,64)/p+1. The van der Waals surface area contributed by atoms with Crippen molar-refractivity contribution in [1.82, 2.24) is 15.2 Å². The van der Waals surface area contributed by atoms with Crippen molar-refractivity contribution >= 4 is 64.7 Å². The van der Waals surface area contributed by atoms with Crippen LogP contribution in [-0.2, 0) is 0 Å². The maximum atomic E-state index is 13.8. The predicted molar refractivity (Wildman–Crippen MR) is 268 cm³/mol. The lowest BCUT2D eigenvalue weighted by Crippen LogP contribution is -2.49. The van der Waals surface area contributed by atoms with Crippen LogP contribution in [0.4, 0.5) is 11.4 Å². The zero-order valence-corrected chi connectivity index (χ0v) is 39.4. The molecule has 2 amide bonds. The molecule has 5 aliphatic rings. The second-order valence-electron chi connectivity index (χ2n) is 18.8. The van der Waals surface area contributed by atoms with Crippen LogP contribution in [0.2, 0.25) is 13.1 Å². The fourth-order valence-electron chi connectivity index (χ4n) is 9.96. The minimum Gasteiger partial charge on any atom is -0.478 e. The molecule has 0 saturated heterocycles. The van der Waals surface area contributed by atoms with E-state index in [1.165, 1.54) is 16.4 Å². The first-order chi connectivity index (χ1) is 31.5. The number of allylic oxidation sites excluding steroid dienone is 5. The van der Waals surface area contributed by atoms with Gasteiger partial charge in [0.1, 0.15) is 33.5 Å². The molecular weight excluding hydrogens is 841 g/mol. The molecule has 1 saturated carbocycles. The molecule has 0 radical (unpaired) electrons. The third kappa shape index (κ3) is 7.95. The third-order valence-electron chi connectivity index (χ3n) is 13.6. The lowest BCUT2D eigenvalue weighted by molar-refractivity contribution is 0.0697. The van der Waals surface area contributed by atoms with E-state index in [9.17, 15) is 19.5 Å². The first-order valence-corrected chi connectivity index (χ1v) is 25.4. The number of rotatable bonds is 8. The topological polar surface area (TPSA) is 165 Å². The zero-order valence-electron chi connectivity index (χ0n) is 38.4. The Bertz CT molecular complexity index is 3200. The van der Waals surface area contributed by atoms with Gasteiger partial charge in [-0.2, -0.15) is 0 Å². The molecule has 1 fully saturated rings. The highest BCUT2D eigenvalue weighted by Gasteiger charge is 2.40. The number of carbonyl (C=O) groups excluding carboxylic acids is 2. The SMILES string of the molecule is Cc1cc(C(=O)NC2CCC(NC(=O)c3ccc(-c4c5ccc(=[N+](C)C)cc-5oc5cc(N(C)C)ccc45)c(C(=O)O)c3)CC2)ccc1C1=C2C=CC(=N)C=C2[Si](C)(C)c2cc(N)ccc21. The third-order valence-corrected chi connectivity index (χ3v) is 17.1. The predicted octanol–water partition coefficient (Wildman–Crippen LogP) is 8.15. The fraction of sp³-hybridized carbons (Fsp3) is 0.241. The van der Waals surface area contributed by atoms with E-state index in [1.54, 1.807) is 12.1 Å². The molecule has 0 atom stereocenters. The van der Waals surface area contributed by atoms with Crippen LogP contribution in [0.15, 0.2) is 124 Å². The number of hydrogen-bond acceptors (Lipinski definition) is 7. The van der Waals surface area contributed by atoms with Gasteiger partial charge in [-0.15, -0.1) is 0 Å². The van der Waals surface area contributed by atoms with Crippen LogP contribution in [0.1, 0.15) is 73.4 Å². The Hall–Kier alpha value is -7.31. The molecule has 0 aromatic heterocycles. The van der Waals surface area contributed by atoms with E-state index in [-0.39, 0.29) is 35.0 Å². The summed E-state index contributed by atoms with van der Waals surface area (Å²) in [5.41, 5.74) is 17.3. The second kappa shape index (κ2) is 16.9. The Balaban J connectivity index is 0.900. The molecule has 4 aromatic rings. The smallest absolute Gasteiger partial charge is 0.336 e. The number of aromatic carboxylic acids is 1. The van der Waals surface area contributed by atoms with Crippen molar-refractivity contribution in [2.75, 3.05) is 38.8 Å². The van der Waals surface area contributed by atoms with Gasteiger partial charge >= 0.3 is 5.97 Å². The average Bonchev–Trinajstić information content (AvgIpc) is 3.29. The Kier molecular flexibility index (Phi) is 11.3. The normalized spacial score (nSPS) is 17.5. The quantitative estimate of drug-likeness (QED) is 0.0446. The highest BCUT2D eigenvalue weighted by Crippen LogP contribution is 2.44. The van der Waals surface area contributed by atoms with Crippen molar-refractivity contribution < 1.29 is 23.9 Å². The Labute approximate surface area is 385 Å². The van der Waals surface area contributed by atoms with Gasteiger partial charge < -0.3 is 36.2 Å². The van der Waals surface area contributed by atoms with Crippen molar-refractivity contribution in [2.45, 2.75) is 57.8 Å². The Morgan fingerprint density at radius 3 is 2.06 bits per heavy atom. The minimum absolute atomic E-state index is 0.0185. The summed E-state index contributed by atoms with van der Waals surface area (Å²) < 4.78 is 8.44. The number of carboxylic acids is 1. The number of aryl methyl sites for hydroxylation is 1. The van der Waals surface area contributed by atoms with Gasteiger partial charge in [-0.1, -0.05) is 37.4 Å². The Morgan fingerprint density at radius 2 is 1.42 bits per heavy atom. The summed E-state index contributed by atoms with van der Waals surface area (Å²) in [5, 5.41) is 29.6. The van der Waals surface area contributed by atoms with E-state index in [4.69, 9.17) is 15.6 Å². The number of carboxylic acid groups (broad SMARTS) is 1. The van der Waals surface area contributed by atoms with Crippen molar-refractivity contribution in [3.63, 3.8) is 0 Å². The summed E-state index contributed by atoms with van der Waals surface area (Å²) in [6.45, 7) is 6.66. The van der Waals surface area contributed by atoms with Gasteiger partial charge in [0.25, 0.3) is 11.8 Å². The number of nitrogens with two attached hydrogens (primary N) is 1. The summed E-state index contributed by atoms with van der Waals surface area (Å²) in [6.07, 6.45) is 8.61. The number of anilines is 2. The highest BCUT2D eigenvalue weighted by molar-refractivity contribution is 6.98. The molecule has 11 nitrogen and oxygen atoms in total. The number of amides is 2. The van der Waals surface area contributed by atoms with Gasteiger partial charge in [0, 0.05) is 77.3 Å². The van der Waals surface area contributed by atoms with Gasteiger partial charge in [-0.25, -0.2) is 9.37 Å². The van der Waals surface area contributed by atoms with E-state index in [2.05, 4.69) is 41.9 Å². The lowest BCUT2D eigenvalue weighted by atomic mass is 9.87. The van der Waals surface area contributed by atoms with E-state index < -0.39 is 14.0 Å². The van der Waals surface area contributed by atoms with Gasteiger partial charge in [0.2, 0.25) is 5.36 Å². The number of nitrogens with one attached hydrogen (secondary N) is 3. The largest absolute Gasteiger partial charge is 0.478 e. The van der Waals surface area contributed by atoms with Crippen molar-refractivity contribution in [1.29, 1.82) is 5.41 Å². The van der Waals surface area contributed by atoms with Gasteiger partial charge in [-0.05, 0) is 143 Å². The van der Waals surface area contributed by atoms with Crippen LogP contribution in [0.3, 0.4) is 0 Å². The van der Waals surface area contributed by atoms with Crippen molar-refractivity contribution in [3.8, 4) is 22.5 Å². The molecule has 12 heteroatoms. The molecule has 0 bridgehead atoms. The van der Waals surface area contributed by atoms with E-state index >= 15 is 0 Å². The number of benzene rings is 5. The number of fused-ring (bicyclic) bond motifs is 4. The average molecular weight is 896 g/mol. The number of nitrogens with zero attached hydrogens (tertiary/aromatic N) is 2. The van der Waals surface area contributed by atoms with Crippen LogP contribution < -0.4 is 36.4 Å². The van der Waals surface area contributed by atoms with Gasteiger partial charge in [-0.3, -0.25) is 9.59 Å². The molecular formula is C54H55N6O5Si+. The molecule has 6 N–H and O–H groups in total. The van der Waals surface area contributed by atoms with E-state index in [1.807, 2.05) is 117 Å². The van der Waals surface area contributed by atoms with Crippen LogP contribution in [0.5, 0.6) is 0 Å². The fourth-order valence-corrected chi connectivity index (χ4v) is 13.1. The minimum atomic E-state index is -2.15. The Morgan fingerprint density at radius 1 is 0.788 bits per heavy atom. The highest BCUT2D eigenvalue weighted by atomic mass is 28.3. The summed E-state index contributed by atoms with van der Waals surface area (Å²) in [4.78, 5) is 42.4. The lowest BCUT2D eigenvalue weighted by Gasteiger charge is -2.38. The van der Waals surface area contributed by atoms with E-state index in [0.29, 0.717) is 53.9 Å². The van der Waals surface area contributed by atoms with Crippen LogP contribution in [-0.4, -0.2) is 77.0 Å². The molecule has 0 spiro atoms. The molecule has 9 rings (SSSR count). The first-order valence-electron chi connectivity index (χ1n) is 22.4. The molecule has 2 heterocycles. The molecule has 66 heavy (non-hydrogen) atoms. The van der Waals surface area contributed by atoms with Crippen LogP contribution in [0, 0.1) is 12.3 Å². The summed E-state index contributed by atoms with van der Waals surface area (Å²) in [6, 6.07) is 28.5. The summed E-state index contributed by atoms with van der Waals surface area (Å²) in [5.74, 6) is -1.00. The van der Waals surface area contributed by atoms with Crippen LogP contribution >= 0.6 is 0 Å². The maximum Gasteiger partial charge on any atom is 0.336 e. The number of hydrogen-bond donors (Lipinski definition) is 5. The van der Waals surface area contributed by atoms with E-state index in [0.717, 1.165) is 61.1 Å². The monoisotopic (exact) mass is 895 g/mol.